The molecule has 2 aromatic heterocycles. The maximum absolute atomic E-state index is 12.3. The largest absolute Gasteiger partial charge is 0.343 e. The molecule has 0 spiro atoms. The number of carbonyl (C=O) groups is 1. The molecule has 0 bridgehead atoms. The highest BCUT2D eigenvalue weighted by Crippen LogP contribution is 2.22. The van der Waals surface area contributed by atoms with Gasteiger partial charge in [-0.3, -0.25) is 9.36 Å². The molecule has 1 atom stereocenters. The molecule has 124 valence electrons. The number of aromatic amines is 1. The molecule has 0 aliphatic heterocycles. The van der Waals surface area contributed by atoms with Crippen molar-refractivity contribution in [2.24, 2.45) is 7.05 Å². The van der Waals surface area contributed by atoms with Crippen LogP contribution in [-0.4, -0.2) is 25.7 Å². The quantitative estimate of drug-likeness (QED) is 0.758. The Labute approximate surface area is 142 Å². The fraction of sp³-hybridized carbons (Fsp3) is 0.250. The third-order valence-corrected chi connectivity index (χ3v) is 4.48. The average molecular weight is 343 g/mol. The van der Waals surface area contributed by atoms with Crippen LogP contribution in [0.5, 0.6) is 0 Å². The SMILES string of the molecule is Cc1nc(-c2ccc(C(=O)N[C@@H](C)c3n[nH]c(=O)n3C)cc2)cs1. The lowest BCUT2D eigenvalue weighted by Gasteiger charge is -2.12. The number of aromatic nitrogens is 4. The molecule has 7 nitrogen and oxygen atoms in total. The lowest BCUT2D eigenvalue weighted by atomic mass is 10.1. The van der Waals surface area contributed by atoms with Crippen molar-refractivity contribution in [2.75, 3.05) is 0 Å². The minimum atomic E-state index is -0.387. The molecule has 0 saturated carbocycles. The van der Waals surface area contributed by atoms with E-state index < -0.39 is 0 Å². The predicted octanol–water partition coefficient (Wildman–Crippen LogP) is 2.03. The molecule has 0 aliphatic carbocycles. The molecule has 2 heterocycles. The highest BCUT2D eigenvalue weighted by Gasteiger charge is 2.16. The first kappa shape index (κ1) is 16.1. The second-order valence-corrected chi connectivity index (χ2v) is 6.53. The van der Waals surface area contributed by atoms with Gasteiger partial charge in [0.2, 0.25) is 0 Å². The van der Waals surface area contributed by atoms with Crippen molar-refractivity contribution in [1.29, 1.82) is 0 Å². The van der Waals surface area contributed by atoms with Crippen LogP contribution in [0.25, 0.3) is 11.3 Å². The van der Waals surface area contributed by atoms with Gasteiger partial charge >= 0.3 is 5.69 Å². The van der Waals surface area contributed by atoms with Crippen LogP contribution in [0.2, 0.25) is 0 Å². The summed E-state index contributed by atoms with van der Waals surface area (Å²) in [5.41, 5.74) is 2.11. The summed E-state index contributed by atoms with van der Waals surface area (Å²) in [5.74, 6) is 0.252. The number of thiazole rings is 1. The van der Waals surface area contributed by atoms with Crippen molar-refractivity contribution in [2.45, 2.75) is 19.9 Å². The van der Waals surface area contributed by atoms with Gasteiger partial charge in [-0.1, -0.05) is 12.1 Å². The summed E-state index contributed by atoms with van der Waals surface area (Å²) in [6.45, 7) is 3.74. The van der Waals surface area contributed by atoms with Crippen LogP contribution in [0.1, 0.15) is 34.2 Å². The van der Waals surface area contributed by atoms with Crippen LogP contribution in [0.4, 0.5) is 0 Å². The monoisotopic (exact) mass is 343 g/mol. The highest BCUT2D eigenvalue weighted by molar-refractivity contribution is 7.09. The average Bonchev–Trinajstić information content (AvgIpc) is 3.14. The molecule has 24 heavy (non-hydrogen) atoms. The van der Waals surface area contributed by atoms with Gasteiger partial charge in [0, 0.05) is 23.6 Å². The van der Waals surface area contributed by atoms with Gasteiger partial charge in [-0.05, 0) is 26.0 Å². The Bertz CT molecular complexity index is 923. The topological polar surface area (TPSA) is 92.7 Å². The lowest BCUT2D eigenvalue weighted by molar-refractivity contribution is 0.0937. The van der Waals surface area contributed by atoms with E-state index in [2.05, 4.69) is 20.5 Å². The van der Waals surface area contributed by atoms with E-state index in [4.69, 9.17) is 0 Å². The summed E-state index contributed by atoms with van der Waals surface area (Å²) < 4.78 is 1.37. The summed E-state index contributed by atoms with van der Waals surface area (Å²) >= 11 is 1.59. The maximum atomic E-state index is 12.3. The summed E-state index contributed by atoms with van der Waals surface area (Å²) in [5, 5.41) is 12.1. The van der Waals surface area contributed by atoms with E-state index in [9.17, 15) is 9.59 Å². The van der Waals surface area contributed by atoms with E-state index in [1.165, 1.54) is 4.57 Å². The number of carbonyl (C=O) groups excluding carboxylic acids is 1. The van der Waals surface area contributed by atoms with Crippen LogP contribution in [-0.2, 0) is 7.05 Å². The molecule has 8 heteroatoms. The van der Waals surface area contributed by atoms with Crippen LogP contribution >= 0.6 is 11.3 Å². The Morgan fingerprint density at radius 2 is 2.04 bits per heavy atom. The van der Waals surface area contributed by atoms with Crippen LogP contribution in [0.15, 0.2) is 34.4 Å². The van der Waals surface area contributed by atoms with Gasteiger partial charge in [-0.2, -0.15) is 5.10 Å². The zero-order valence-electron chi connectivity index (χ0n) is 13.5. The van der Waals surface area contributed by atoms with Gasteiger partial charge in [0.25, 0.3) is 5.91 Å². The summed E-state index contributed by atoms with van der Waals surface area (Å²) in [6.07, 6.45) is 0. The Balaban J connectivity index is 1.73. The molecule has 0 fully saturated rings. The number of nitrogens with one attached hydrogen (secondary N) is 2. The fourth-order valence-corrected chi connectivity index (χ4v) is 3.00. The number of amides is 1. The molecule has 0 aliphatic rings. The van der Waals surface area contributed by atoms with Crippen molar-refractivity contribution in [1.82, 2.24) is 25.1 Å². The minimum absolute atomic E-state index is 0.223. The summed E-state index contributed by atoms with van der Waals surface area (Å²) in [6, 6.07) is 6.88. The number of H-pyrrole nitrogens is 1. The minimum Gasteiger partial charge on any atom is -0.342 e. The highest BCUT2D eigenvalue weighted by atomic mass is 32.1. The fourth-order valence-electron chi connectivity index (χ4n) is 2.38. The van der Waals surface area contributed by atoms with Crippen molar-refractivity contribution in [3.63, 3.8) is 0 Å². The van der Waals surface area contributed by atoms with Crippen molar-refractivity contribution in [3.8, 4) is 11.3 Å². The zero-order chi connectivity index (χ0) is 17.3. The maximum Gasteiger partial charge on any atom is 0.343 e. The number of aryl methyl sites for hydroxylation is 1. The third kappa shape index (κ3) is 3.13. The summed E-state index contributed by atoms with van der Waals surface area (Å²) in [4.78, 5) is 28.2. The van der Waals surface area contributed by atoms with Crippen molar-refractivity contribution in [3.05, 3.63) is 56.5 Å². The van der Waals surface area contributed by atoms with E-state index in [-0.39, 0.29) is 17.6 Å². The van der Waals surface area contributed by atoms with E-state index >= 15 is 0 Å². The Hall–Kier alpha value is -2.74. The molecular formula is C16H17N5O2S. The molecule has 1 aromatic carbocycles. The number of hydrogen-bond acceptors (Lipinski definition) is 5. The lowest BCUT2D eigenvalue weighted by Crippen LogP contribution is -2.29. The van der Waals surface area contributed by atoms with Gasteiger partial charge in [0.15, 0.2) is 5.82 Å². The van der Waals surface area contributed by atoms with Gasteiger partial charge in [0.1, 0.15) is 0 Å². The Morgan fingerprint density at radius 3 is 2.58 bits per heavy atom. The number of rotatable bonds is 4. The first-order valence-corrected chi connectivity index (χ1v) is 8.28. The molecule has 0 radical (unpaired) electrons. The number of hydrogen-bond donors (Lipinski definition) is 2. The second kappa shape index (κ2) is 6.40. The van der Waals surface area contributed by atoms with Gasteiger partial charge in [0.05, 0.1) is 16.7 Å². The van der Waals surface area contributed by atoms with Crippen molar-refractivity contribution >= 4 is 17.2 Å². The van der Waals surface area contributed by atoms with Crippen LogP contribution < -0.4 is 11.0 Å². The number of nitrogens with zero attached hydrogens (tertiary/aromatic N) is 3. The number of benzene rings is 1. The molecule has 3 aromatic rings. The van der Waals surface area contributed by atoms with E-state index in [0.717, 1.165) is 16.3 Å². The summed E-state index contributed by atoms with van der Waals surface area (Å²) in [7, 11) is 1.61. The molecule has 1 amide bonds. The zero-order valence-corrected chi connectivity index (χ0v) is 14.3. The molecule has 0 unspecified atom stereocenters. The molecule has 0 saturated heterocycles. The van der Waals surface area contributed by atoms with Crippen molar-refractivity contribution < 1.29 is 4.79 Å². The smallest absolute Gasteiger partial charge is 0.342 e. The van der Waals surface area contributed by atoms with Gasteiger partial charge < -0.3 is 5.32 Å². The Kier molecular flexibility index (Phi) is 4.30. The second-order valence-electron chi connectivity index (χ2n) is 5.47. The van der Waals surface area contributed by atoms with Gasteiger partial charge in [-0.25, -0.2) is 14.9 Å². The first-order chi connectivity index (χ1) is 11.5. The van der Waals surface area contributed by atoms with E-state index in [0.29, 0.717) is 11.4 Å². The van der Waals surface area contributed by atoms with Crippen LogP contribution in [0, 0.1) is 6.92 Å². The predicted molar refractivity (Wildman–Crippen MR) is 92.0 cm³/mol. The van der Waals surface area contributed by atoms with E-state index in [1.807, 2.05) is 24.4 Å². The molecular weight excluding hydrogens is 326 g/mol. The Morgan fingerprint density at radius 1 is 1.33 bits per heavy atom. The molecule has 3 rings (SSSR count). The third-order valence-electron chi connectivity index (χ3n) is 3.71. The van der Waals surface area contributed by atoms with Gasteiger partial charge in [-0.15, -0.1) is 11.3 Å². The van der Waals surface area contributed by atoms with E-state index in [1.54, 1.807) is 37.4 Å². The first-order valence-electron chi connectivity index (χ1n) is 7.40. The normalized spacial score (nSPS) is 12.1. The standard InChI is InChI=1S/C16H17N5O2S/c1-9(14-19-20-16(23)21(14)3)17-15(22)12-6-4-11(5-7-12)13-8-24-10(2)18-13/h4-9H,1-3H3,(H,17,22)(H,20,23)/t9-/m0/s1. The van der Waals surface area contributed by atoms with Crippen LogP contribution in [0.3, 0.4) is 0 Å². The molecule has 2 N–H and O–H groups in total.